The first-order valence-corrected chi connectivity index (χ1v) is 11.5. The number of rotatable bonds is 4. The predicted octanol–water partition coefficient (Wildman–Crippen LogP) is 4.19. The highest BCUT2D eigenvalue weighted by Crippen LogP contribution is 2.32. The van der Waals surface area contributed by atoms with Crippen molar-refractivity contribution in [2.75, 3.05) is 22.9 Å². The van der Waals surface area contributed by atoms with Crippen molar-refractivity contribution in [3.05, 3.63) is 95.0 Å². The van der Waals surface area contributed by atoms with Gasteiger partial charge in [-0.2, -0.15) is 8.42 Å². The van der Waals surface area contributed by atoms with E-state index in [9.17, 15) is 18.5 Å². The number of nitro benzene ring substituents is 1. The number of anilines is 4. The molecule has 0 aromatic heterocycles. The molecule has 0 unspecified atom stereocenters. The third kappa shape index (κ3) is 6.25. The fourth-order valence-electron chi connectivity index (χ4n) is 3.22. The Morgan fingerprint density at radius 1 is 0.657 bits per heavy atom. The number of benzene rings is 4. The Balaban J connectivity index is 0.000000196. The second-order valence-electron chi connectivity index (χ2n) is 7.51. The molecule has 4 aromatic carbocycles. The first kappa shape index (κ1) is 25.0. The van der Waals surface area contributed by atoms with Gasteiger partial charge in [-0.05, 0) is 65.2 Å². The van der Waals surface area contributed by atoms with E-state index in [1.54, 1.807) is 66.7 Å². The largest absolute Gasteiger partial charge is 0.399 e. The van der Waals surface area contributed by atoms with Crippen molar-refractivity contribution in [1.82, 2.24) is 0 Å². The Labute approximate surface area is 201 Å². The van der Waals surface area contributed by atoms with Gasteiger partial charge in [-0.1, -0.05) is 30.3 Å². The summed E-state index contributed by atoms with van der Waals surface area (Å²) in [4.78, 5) is 10.2. The van der Waals surface area contributed by atoms with Gasteiger partial charge in [-0.15, -0.1) is 0 Å². The third-order valence-electron chi connectivity index (χ3n) is 4.98. The van der Waals surface area contributed by atoms with E-state index in [0.29, 0.717) is 28.2 Å². The highest BCUT2D eigenvalue weighted by Gasteiger charge is 2.16. The molecule has 180 valence electrons. The lowest BCUT2D eigenvalue weighted by Gasteiger charge is -2.07. The summed E-state index contributed by atoms with van der Waals surface area (Å²) in [6.07, 6.45) is 0. The number of nitro groups is 1. The van der Waals surface area contributed by atoms with Crippen LogP contribution >= 0.6 is 0 Å². The summed E-state index contributed by atoms with van der Waals surface area (Å²) in [5.74, 6) is 0. The summed E-state index contributed by atoms with van der Waals surface area (Å²) in [5, 5.41) is 10.9. The molecular weight excluding hydrogens is 470 g/mol. The Morgan fingerprint density at radius 2 is 1.14 bits per heavy atom. The Kier molecular flexibility index (Phi) is 7.23. The maximum absolute atomic E-state index is 11.1. The standard InChI is InChI=1S/C12H11N3O2.C12H12N2O3S/c13-9-3-1-8(2-4-9)11-6-5-10(14)7-12(11)15(16)17;13-10-4-1-8(2-5-10)9-3-6-11(14)12(7-9)18(15,16)17/h1-7H,13-14H2;1-7H,13-14H2,(H,15,16,17). The first-order chi connectivity index (χ1) is 16.5. The van der Waals surface area contributed by atoms with Gasteiger partial charge in [0.15, 0.2) is 0 Å². The maximum Gasteiger partial charge on any atom is 0.296 e. The van der Waals surface area contributed by atoms with Gasteiger partial charge in [0.1, 0.15) is 4.90 Å². The zero-order valence-electron chi connectivity index (χ0n) is 18.3. The molecule has 0 aliphatic carbocycles. The van der Waals surface area contributed by atoms with Crippen LogP contribution in [0.4, 0.5) is 28.4 Å². The van der Waals surface area contributed by atoms with Crippen molar-refractivity contribution in [1.29, 1.82) is 0 Å². The molecule has 0 aliphatic heterocycles. The van der Waals surface area contributed by atoms with E-state index in [4.69, 9.17) is 27.5 Å². The second-order valence-corrected chi connectivity index (χ2v) is 8.90. The van der Waals surface area contributed by atoms with E-state index >= 15 is 0 Å². The predicted molar refractivity (Wildman–Crippen MR) is 138 cm³/mol. The van der Waals surface area contributed by atoms with Crippen LogP contribution in [0.1, 0.15) is 0 Å². The lowest BCUT2D eigenvalue weighted by Crippen LogP contribution is -2.03. The fourth-order valence-corrected chi connectivity index (χ4v) is 3.86. The van der Waals surface area contributed by atoms with Crippen LogP contribution in [0.3, 0.4) is 0 Å². The smallest absolute Gasteiger partial charge is 0.296 e. The molecule has 0 amide bonds. The summed E-state index contributed by atoms with van der Waals surface area (Å²) < 4.78 is 31.4. The van der Waals surface area contributed by atoms with Crippen molar-refractivity contribution in [3.8, 4) is 22.3 Å². The zero-order valence-corrected chi connectivity index (χ0v) is 19.1. The second kappa shape index (κ2) is 10.1. The van der Waals surface area contributed by atoms with E-state index in [1.165, 1.54) is 18.2 Å². The van der Waals surface area contributed by atoms with Crippen LogP contribution in [-0.4, -0.2) is 17.9 Å². The van der Waals surface area contributed by atoms with Crippen LogP contribution in [0.5, 0.6) is 0 Å². The molecule has 4 aromatic rings. The molecule has 11 heteroatoms. The number of nitrogens with two attached hydrogens (primary N) is 4. The SMILES string of the molecule is Nc1ccc(-c2ccc(N)c(S(=O)(=O)O)c2)cc1.Nc1ccc(-c2ccc(N)cc2[N+](=O)[O-])cc1. The molecule has 0 fully saturated rings. The molecule has 0 heterocycles. The minimum Gasteiger partial charge on any atom is -0.399 e. The third-order valence-corrected chi connectivity index (χ3v) is 5.89. The topological polar surface area (TPSA) is 202 Å². The highest BCUT2D eigenvalue weighted by molar-refractivity contribution is 7.86. The minimum absolute atomic E-state index is 0.00484. The summed E-state index contributed by atoms with van der Waals surface area (Å²) in [7, 11) is -4.32. The Bertz CT molecular complexity index is 1470. The monoisotopic (exact) mass is 493 g/mol. The molecule has 9 N–H and O–H groups in total. The normalized spacial score (nSPS) is 10.8. The number of hydrogen-bond donors (Lipinski definition) is 5. The van der Waals surface area contributed by atoms with Crippen molar-refractivity contribution < 1.29 is 17.9 Å². The fraction of sp³-hybridized carbons (Fsp3) is 0. The zero-order chi connectivity index (χ0) is 25.8. The summed E-state index contributed by atoms with van der Waals surface area (Å²) in [6, 6.07) is 22.9. The van der Waals surface area contributed by atoms with Crippen LogP contribution in [0.15, 0.2) is 89.8 Å². The molecule has 0 aliphatic rings. The summed E-state index contributed by atoms with van der Waals surface area (Å²) >= 11 is 0. The van der Waals surface area contributed by atoms with Crippen LogP contribution in [0.25, 0.3) is 22.3 Å². The van der Waals surface area contributed by atoms with Gasteiger partial charge >= 0.3 is 0 Å². The number of nitrogen functional groups attached to an aromatic ring is 4. The van der Waals surface area contributed by atoms with Gasteiger partial charge in [0.2, 0.25) is 0 Å². The Morgan fingerprint density at radius 3 is 1.66 bits per heavy atom. The van der Waals surface area contributed by atoms with Gasteiger partial charge in [0.25, 0.3) is 15.8 Å². The van der Waals surface area contributed by atoms with Crippen LogP contribution in [0, 0.1) is 10.1 Å². The molecule has 0 radical (unpaired) electrons. The molecule has 35 heavy (non-hydrogen) atoms. The van der Waals surface area contributed by atoms with Crippen molar-refractivity contribution in [3.63, 3.8) is 0 Å². The molecule has 0 atom stereocenters. The van der Waals surface area contributed by atoms with E-state index in [1.807, 2.05) is 0 Å². The van der Waals surface area contributed by atoms with Crippen molar-refractivity contribution in [2.24, 2.45) is 0 Å². The average molecular weight is 494 g/mol. The van der Waals surface area contributed by atoms with Gasteiger partial charge in [-0.3, -0.25) is 14.7 Å². The highest BCUT2D eigenvalue weighted by atomic mass is 32.2. The minimum atomic E-state index is -4.32. The summed E-state index contributed by atoms with van der Waals surface area (Å²) in [5.41, 5.74) is 26.5. The molecular formula is C24H23N5O5S. The molecule has 10 nitrogen and oxygen atoms in total. The van der Waals surface area contributed by atoms with Crippen LogP contribution in [-0.2, 0) is 10.1 Å². The van der Waals surface area contributed by atoms with Crippen molar-refractivity contribution >= 4 is 38.6 Å². The van der Waals surface area contributed by atoms with Crippen molar-refractivity contribution in [2.45, 2.75) is 4.90 Å². The molecule has 0 saturated carbocycles. The van der Waals surface area contributed by atoms with Crippen LogP contribution < -0.4 is 22.9 Å². The molecule has 0 bridgehead atoms. The van der Waals surface area contributed by atoms with E-state index in [-0.39, 0.29) is 16.3 Å². The van der Waals surface area contributed by atoms with E-state index in [2.05, 4.69) is 0 Å². The van der Waals surface area contributed by atoms with E-state index in [0.717, 1.165) is 11.1 Å². The maximum atomic E-state index is 11.1. The van der Waals surface area contributed by atoms with Gasteiger partial charge in [0, 0.05) is 23.1 Å². The summed E-state index contributed by atoms with van der Waals surface area (Å²) in [6.45, 7) is 0. The lowest BCUT2D eigenvalue weighted by molar-refractivity contribution is -0.384. The quantitative estimate of drug-likeness (QED) is 0.119. The Hall–Kier alpha value is -4.61. The first-order valence-electron chi connectivity index (χ1n) is 10.1. The van der Waals surface area contributed by atoms with E-state index < -0.39 is 15.0 Å². The van der Waals surface area contributed by atoms with Gasteiger partial charge < -0.3 is 22.9 Å². The number of hydrogen-bond acceptors (Lipinski definition) is 8. The molecule has 0 spiro atoms. The molecule has 4 rings (SSSR count). The lowest BCUT2D eigenvalue weighted by atomic mass is 10.0. The van der Waals surface area contributed by atoms with Gasteiger partial charge in [0.05, 0.1) is 16.2 Å². The average Bonchev–Trinajstić information content (AvgIpc) is 2.80. The number of nitrogens with zero attached hydrogens (tertiary/aromatic N) is 1. The molecule has 0 saturated heterocycles. The van der Waals surface area contributed by atoms with Gasteiger partial charge in [-0.25, -0.2) is 0 Å². The van der Waals surface area contributed by atoms with Crippen LogP contribution in [0.2, 0.25) is 0 Å².